The molecule has 1 aliphatic rings. The van der Waals surface area contributed by atoms with Gasteiger partial charge in [0.25, 0.3) is 5.69 Å². The fraction of sp³-hybridized carbons (Fsp3) is 0.0769. The van der Waals surface area contributed by atoms with Gasteiger partial charge in [-0.2, -0.15) is 0 Å². The number of hydrogen-bond donors (Lipinski definition) is 1. The van der Waals surface area contributed by atoms with Crippen molar-refractivity contribution in [2.24, 2.45) is 0 Å². The molecule has 19 heavy (non-hydrogen) atoms. The lowest BCUT2D eigenvalue weighted by molar-refractivity contribution is -0.384. The van der Waals surface area contributed by atoms with Crippen molar-refractivity contribution in [3.05, 3.63) is 63.8 Å². The number of nitrogens with one attached hydrogen (secondary N) is 1. The first-order valence-electron chi connectivity index (χ1n) is 5.50. The van der Waals surface area contributed by atoms with E-state index in [1.807, 2.05) is 13.0 Å². The van der Waals surface area contributed by atoms with E-state index in [0.717, 1.165) is 4.91 Å². The standard InChI is InChI=1S/C13H12N2O3S/c1-3-4-11-7-9(2)19-14-12-6-5-10(15(16)17)8-13(12)18-11/h3-8,14H,1H2,2H3/b9-7+,11-4+. The number of nitro groups is 1. The summed E-state index contributed by atoms with van der Waals surface area (Å²) in [5.41, 5.74) is 0.683. The van der Waals surface area contributed by atoms with Gasteiger partial charge in [0, 0.05) is 11.0 Å². The fourth-order valence-electron chi connectivity index (χ4n) is 1.51. The molecule has 1 aromatic carbocycles. The molecule has 1 N–H and O–H groups in total. The van der Waals surface area contributed by atoms with Crippen molar-refractivity contribution in [1.82, 2.24) is 0 Å². The Hall–Kier alpha value is -2.21. The van der Waals surface area contributed by atoms with Crippen LogP contribution in [0.3, 0.4) is 0 Å². The SMILES string of the molecule is C=C/C=C1\C=C(/C)SNc2ccc([N+](=O)[O-])cc2O1. The lowest BCUT2D eigenvalue weighted by Crippen LogP contribution is -2.01. The molecule has 0 aromatic heterocycles. The van der Waals surface area contributed by atoms with Crippen LogP contribution >= 0.6 is 11.9 Å². The number of ether oxygens (including phenoxy) is 1. The van der Waals surface area contributed by atoms with Gasteiger partial charge < -0.3 is 9.46 Å². The topological polar surface area (TPSA) is 64.4 Å². The van der Waals surface area contributed by atoms with Crippen LogP contribution in [0.2, 0.25) is 0 Å². The minimum absolute atomic E-state index is 0.00946. The van der Waals surface area contributed by atoms with Crippen molar-refractivity contribution in [2.45, 2.75) is 6.92 Å². The van der Waals surface area contributed by atoms with Crippen LogP contribution in [-0.4, -0.2) is 4.92 Å². The largest absolute Gasteiger partial charge is 0.455 e. The lowest BCUT2D eigenvalue weighted by Gasteiger charge is -2.16. The normalized spacial score (nSPS) is 19.0. The first kappa shape index (κ1) is 13.2. The monoisotopic (exact) mass is 276 g/mol. The summed E-state index contributed by atoms with van der Waals surface area (Å²) in [6, 6.07) is 4.46. The Morgan fingerprint density at radius 1 is 1.53 bits per heavy atom. The molecular weight excluding hydrogens is 264 g/mol. The number of benzene rings is 1. The van der Waals surface area contributed by atoms with Gasteiger partial charge in [-0.25, -0.2) is 0 Å². The second kappa shape index (κ2) is 5.62. The van der Waals surface area contributed by atoms with E-state index >= 15 is 0 Å². The third-order valence-corrected chi connectivity index (χ3v) is 3.12. The lowest BCUT2D eigenvalue weighted by atomic mass is 10.2. The van der Waals surface area contributed by atoms with Gasteiger partial charge in [-0.05, 0) is 37.1 Å². The third kappa shape index (κ3) is 3.17. The van der Waals surface area contributed by atoms with E-state index in [1.165, 1.54) is 24.1 Å². The van der Waals surface area contributed by atoms with E-state index in [0.29, 0.717) is 17.2 Å². The van der Waals surface area contributed by atoms with Crippen LogP contribution in [0.15, 0.2) is 53.7 Å². The van der Waals surface area contributed by atoms with Crippen molar-refractivity contribution in [1.29, 1.82) is 0 Å². The Morgan fingerprint density at radius 3 is 3.00 bits per heavy atom. The third-order valence-electron chi connectivity index (χ3n) is 2.35. The van der Waals surface area contributed by atoms with Gasteiger partial charge in [0.1, 0.15) is 5.76 Å². The summed E-state index contributed by atoms with van der Waals surface area (Å²) in [6.45, 7) is 5.56. The highest BCUT2D eigenvalue weighted by atomic mass is 32.2. The zero-order valence-corrected chi connectivity index (χ0v) is 11.1. The minimum atomic E-state index is -0.451. The van der Waals surface area contributed by atoms with Crippen molar-refractivity contribution in [3.63, 3.8) is 0 Å². The number of rotatable bonds is 2. The highest BCUT2D eigenvalue weighted by Crippen LogP contribution is 2.36. The fourth-order valence-corrected chi connectivity index (χ4v) is 2.13. The molecule has 0 amide bonds. The van der Waals surface area contributed by atoms with Crippen LogP contribution in [0, 0.1) is 10.1 Å². The van der Waals surface area contributed by atoms with Gasteiger partial charge in [0.05, 0.1) is 16.7 Å². The van der Waals surface area contributed by atoms with Crippen LogP contribution in [0.5, 0.6) is 5.75 Å². The Labute approximate surface area is 114 Å². The van der Waals surface area contributed by atoms with Gasteiger partial charge in [-0.3, -0.25) is 10.1 Å². The average molecular weight is 276 g/mol. The minimum Gasteiger partial charge on any atom is -0.455 e. The molecule has 0 radical (unpaired) electrons. The summed E-state index contributed by atoms with van der Waals surface area (Å²) in [7, 11) is 0. The quantitative estimate of drug-likeness (QED) is 0.502. The van der Waals surface area contributed by atoms with Crippen LogP contribution in [-0.2, 0) is 0 Å². The predicted molar refractivity (Wildman–Crippen MR) is 77.0 cm³/mol. The van der Waals surface area contributed by atoms with Gasteiger partial charge >= 0.3 is 0 Å². The van der Waals surface area contributed by atoms with Crippen LogP contribution < -0.4 is 9.46 Å². The molecule has 0 saturated heterocycles. The van der Waals surface area contributed by atoms with Gasteiger partial charge in [0.15, 0.2) is 5.75 Å². The van der Waals surface area contributed by atoms with E-state index in [9.17, 15) is 10.1 Å². The van der Waals surface area contributed by atoms with E-state index < -0.39 is 4.92 Å². The second-order valence-electron chi connectivity index (χ2n) is 3.80. The number of nitro benzene ring substituents is 1. The number of anilines is 1. The first-order valence-corrected chi connectivity index (χ1v) is 6.32. The number of hydrogen-bond acceptors (Lipinski definition) is 5. The van der Waals surface area contributed by atoms with E-state index in [-0.39, 0.29) is 5.69 Å². The molecule has 0 unspecified atom stereocenters. The summed E-state index contributed by atoms with van der Waals surface area (Å²) in [5, 5.41) is 10.8. The van der Waals surface area contributed by atoms with E-state index in [4.69, 9.17) is 4.74 Å². The highest BCUT2D eigenvalue weighted by molar-refractivity contribution is 8.04. The molecule has 6 heteroatoms. The molecule has 0 atom stereocenters. The van der Waals surface area contributed by atoms with Crippen LogP contribution in [0.1, 0.15) is 6.92 Å². The van der Waals surface area contributed by atoms with Crippen molar-refractivity contribution in [2.75, 3.05) is 4.72 Å². The average Bonchev–Trinajstić information content (AvgIpc) is 2.35. The van der Waals surface area contributed by atoms with Crippen molar-refractivity contribution in [3.8, 4) is 5.75 Å². The molecular formula is C13H12N2O3S. The second-order valence-corrected chi connectivity index (χ2v) is 4.86. The molecule has 1 aromatic rings. The Kier molecular flexibility index (Phi) is 3.91. The van der Waals surface area contributed by atoms with Gasteiger partial charge in [-0.1, -0.05) is 12.7 Å². The number of allylic oxidation sites excluding steroid dienone is 4. The maximum atomic E-state index is 10.8. The molecule has 0 bridgehead atoms. The zero-order chi connectivity index (χ0) is 13.8. The van der Waals surface area contributed by atoms with Crippen molar-refractivity contribution >= 4 is 23.3 Å². The Balaban J connectivity index is 2.44. The maximum absolute atomic E-state index is 10.8. The summed E-state index contributed by atoms with van der Waals surface area (Å²) in [4.78, 5) is 11.3. The molecule has 0 fully saturated rings. The number of non-ortho nitro benzene ring substituents is 1. The molecule has 0 spiro atoms. The summed E-state index contributed by atoms with van der Waals surface area (Å²) < 4.78 is 8.76. The summed E-state index contributed by atoms with van der Waals surface area (Å²) >= 11 is 1.42. The predicted octanol–water partition coefficient (Wildman–Crippen LogP) is 4.02. The van der Waals surface area contributed by atoms with Gasteiger partial charge in [-0.15, -0.1) is 0 Å². The molecule has 1 aliphatic heterocycles. The molecule has 0 aliphatic carbocycles. The van der Waals surface area contributed by atoms with Crippen molar-refractivity contribution < 1.29 is 9.66 Å². The number of nitrogens with zero attached hydrogens (tertiary/aromatic N) is 1. The summed E-state index contributed by atoms with van der Waals surface area (Å²) in [6.07, 6.45) is 5.15. The van der Waals surface area contributed by atoms with Crippen LogP contribution in [0.25, 0.3) is 0 Å². The number of fused-ring (bicyclic) bond motifs is 1. The van der Waals surface area contributed by atoms with Gasteiger partial charge in [0.2, 0.25) is 0 Å². The molecule has 0 saturated carbocycles. The molecule has 98 valence electrons. The van der Waals surface area contributed by atoms with Crippen LogP contribution in [0.4, 0.5) is 11.4 Å². The molecule has 5 nitrogen and oxygen atoms in total. The Morgan fingerprint density at radius 2 is 2.32 bits per heavy atom. The molecule has 2 rings (SSSR count). The Bertz CT molecular complexity index is 594. The maximum Gasteiger partial charge on any atom is 0.273 e. The zero-order valence-electron chi connectivity index (χ0n) is 10.3. The molecule has 1 heterocycles. The summed E-state index contributed by atoms with van der Waals surface area (Å²) in [5.74, 6) is 1.00. The van der Waals surface area contributed by atoms with E-state index in [1.54, 1.807) is 18.2 Å². The van der Waals surface area contributed by atoms with E-state index in [2.05, 4.69) is 11.3 Å². The highest BCUT2D eigenvalue weighted by Gasteiger charge is 2.15. The smallest absolute Gasteiger partial charge is 0.273 e. The first-order chi connectivity index (χ1) is 9.10.